The van der Waals surface area contributed by atoms with Crippen molar-refractivity contribution in [2.24, 2.45) is 5.92 Å². The van der Waals surface area contributed by atoms with Crippen molar-refractivity contribution in [2.75, 3.05) is 6.61 Å². The minimum absolute atomic E-state index is 0.00894. The number of carbonyl (C=O) groups is 2. The van der Waals surface area contributed by atoms with Crippen molar-refractivity contribution in [2.45, 2.75) is 39.5 Å². The summed E-state index contributed by atoms with van der Waals surface area (Å²) >= 11 is 0. The Kier molecular flexibility index (Phi) is 6.72. The molecule has 0 radical (unpaired) electrons. The van der Waals surface area contributed by atoms with Crippen LogP contribution in [-0.2, 0) is 0 Å². The molecule has 0 bridgehead atoms. The third-order valence-electron chi connectivity index (χ3n) is 3.48. The number of benzene rings is 1. The third-order valence-corrected chi connectivity index (χ3v) is 3.48. The summed E-state index contributed by atoms with van der Waals surface area (Å²) in [4.78, 5) is 22.1. The fraction of sp³-hybridized carbons (Fsp3) is 0.500. The molecule has 1 aromatic carbocycles. The molecule has 0 aliphatic heterocycles. The Bertz CT molecular complexity index is 495. The second-order valence-corrected chi connectivity index (χ2v) is 5.05. The van der Waals surface area contributed by atoms with Gasteiger partial charge in [-0.05, 0) is 30.5 Å². The number of carboxylic acid groups (broad SMARTS) is 2. The molecule has 0 fully saturated rings. The largest absolute Gasteiger partial charge is 0.492 e. The number of hydrogen-bond acceptors (Lipinski definition) is 3. The quantitative estimate of drug-likeness (QED) is 0.725. The molecule has 0 aliphatic carbocycles. The van der Waals surface area contributed by atoms with Crippen LogP contribution in [0.25, 0.3) is 0 Å². The van der Waals surface area contributed by atoms with Gasteiger partial charge in [-0.2, -0.15) is 0 Å². The second-order valence-electron chi connectivity index (χ2n) is 5.05. The van der Waals surface area contributed by atoms with Crippen LogP contribution in [0.2, 0.25) is 0 Å². The predicted molar refractivity (Wildman–Crippen MR) is 79.2 cm³/mol. The van der Waals surface area contributed by atoms with Crippen LogP contribution in [0.15, 0.2) is 18.2 Å². The summed E-state index contributed by atoms with van der Waals surface area (Å²) in [5, 5.41) is 18.1. The van der Waals surface area contributed by atoms with Gasteiger partial charge in [-0.15, -0.1) is 0 Å². The molecule has 5 heteroatoms. The van der Waals surface area contributed by atoms with Crippen molar-refractivity contribution in [3.8, 4) is 5.75 Å². The summed E-state index contributed by atoms with van der Waals surface area (Å²) < 4.78 is 5.60. The van der Waals surface area contributed by atoms with E-state index in [1.807, 2.05) is 0 Å². The predicted octanol–water partition coefficient (Wildman–Crippen LogP) is 3.68. The second kappa shape index (κ2) is 8.29. The third kappa shape index (κ3) is 5.10. The summed E-state index contributed by atoms with van der Waals surface area (Å²) in [5.74, 6) is -1.75. The molecule has 2 N–H and O–H groups in total. The van der Waals surface area contributed by atoms with Gasteiger partial charge < -0.3 is 14.9 Å². The van der Waals surface area contributed by atoms with Crippen LogP contribution in [0.3, 0.4) is 0 Å². The van der Waals surface area contributed by atoms with Gasteiger partial charge in [0.15, 0.2) is 0 Å². The molecular weight excluding hydrogens is 272 g/mol. The van der Waals surface area contributed by atoms with Crippen LogP contribution in [0, 0.1) is 5.92 Å². The molecule has 1 atom stereocenters. The Morgan fingerprint density at radius 2 is 1.90 bits per heavy atom. The van der Waals surface area contributed by atoms with Gasteiger partial charge in [0.2, 0.25) is 0 Å². The van der Waals surface area contributed by atoms with Gasteiger partial charge in [0.05, 0.1) is 12.2 Å². The Balaban J connectivity index is 2.86. The van der Waals surface area contributed by atoms with Crippen LogP contribution in [0.1, 0.15) is 60.2 Å². The molecule has 0 aliphatic rings. The van der Waals surface area contributed by atoms with E-state index in [0.29, 0.717) is 12.5 Å². The number of rotatable bonds is 9. The SMILES string of the molecule is CCCCC(CC)COc1cc(C(=O)O)ccc1C(=O)O. The number of unbranched alkanes of at least 4 members (excludes halogenated alkanes) is 1. The molecular formula is C16H22O5. The molecule has 0 saturated heterocycles. The Morgan fingerprint density at radius 1 is 1.19 bits per heavy atom. The van der Waals surface area contributed by atoms with E-state index >= 15 is 0 Å². The van der Waals surface area contributed by atoms with Crippen molar-refractivity contribution in [1.82, 2.24) is 0 Å². The van der Waals surface area contributed by atoms with Crippen LogP contribution < -0.4 is 4.74 Å². The molecule has 1 unspecified atom stereocenters. The smallest absolute Gasteiger partial charge is 0.339 e. The highest BCUT2D eigenvalue weighted by atomic mass is 16.5. The number of ether oxygens (including phenoxy) is 1. The van der Waals surface area contributed by atoms with Crippen molar-refractivity contribution in [1.29, 1.82) is 0 Å². The van der Waals surface area contributed by atoms with Gasteiger partial charge in [0.25, 0.3) is 0 Å². The van der Waals surface area contributed by atoms with Crippen molar-refractivity contribution >= 4 is 11.9 Å². The standard InChI is InChI=1S/C16H22O5/c1-3-5-6-11(4-2)10-21-14-9-12(15(17)18)7-8-13(14)16(19)20/h7-9,11H,3-6,10H2,1-2H3,(H,17,18)(H,19,20). The van der Waals surface area contributed by atoms with E-state index in [1.54, 1.807) is 0 Å². The zero-order valence-corrected chi connectivity index (χ0v) is 12.5. The van der Waals surface area contributed by atoms with Gasteiger partial charge in [-0.1, -0.05) is 33.1 Å². The van der Waals surface area contributed by atoms with Gasteiger partial charge in [-0.25, -0.2) is 9.59 Å². The minimum atomic E-state index is -1.12. The Labute approximate surface area is 124 Å². The first-order valence-electron chi connectivity index (χ1n) is 7.23. The number of hydrogen-bond donors (Lipinski definition) is 2. The highest BCUT2D eigenvalue weighted by molar-refractivity contribution is 5.94. The lowest BCUT2D eigenvalue weighted by Gasteiger charge is -2.17. The van der Waals surface area contributed by atoms with Gasteiger partial charge >= 0.3 is 11.9 Å². The molecule has 0 saturated carbocycles. The van der Waals surface area contributed by atoms with E-state index in [2.05, 4.69) is 13.8 Å². The molecule has 5 nitrogen and oxygen atoms in total. The zero-order valence-electron chi connectivity index (χ0n) is 12.5. The van der Waals surface area contributed by atoms with Crippen LogP contribution in [0.5, 0.6) is 5.75 Å². The molecule has 1 aromatic rings. The Hall–Kier alpha value is -2.04. The lowest BCUT2D eigenvalue weighted by molar-refractivity contribution is 0.0676. The first-order valence-corrected chi connectivity index (χ1v) is 7.23. The van der Waals surface area contributed by atoms with E-state index in [9.17, 15) is 9.59 Å². The molecule has 116 valence electrons. The average Bonchev–Trinajstić information content (AvgIpc) is 2.46. The molecule has 0 heterocycles. The number of aromatic carboxylic acids is 2. The summed E-state index contributed by atoms with van der Waals surface area (Å²) in [6, 6.07) is 3.82. The van der Waals surface area contributed by atoms with Crippen molar-refractivity contribution < 1.29 is 24.5 Å². The molecule has 1 rings (SSSR count). The first kappa shape index (κ1) is 17.0. The maximum absolute atomic E-state index is 11.2. The highest BCUT2D eigenvalue weighted by Crippen LogP contribution is 2.23. The maximum Gasteiger partial charge on any atom is 0.339 e. The minimum Gasteiger partial charge on any atom is -0.492 e. The molecule has 0 spiro atoms. The molecule has 21 heavy (non-hydrogen) atoms. The fourth-order valence-corrected chi connectivity index (χ4v) is 2.06. The average molecular weight is 294 g/mol. The van der Waals surface area contributed by atoms with Crippen LogP contribution in [0.4, 0.5) is 0 Å². The zero-order chi connectivity index (χ0) is 15.8. The van der Waals surface area contributed by atoms with Crippen LogP contribution in [-0.4, -0.2) is 28.8 Å². The van der Waals surface area contributed by atoms with Crippen molar-refractivity contribution in [3.05, 3.63) is 29.3 Å². The summed E-state index contributed by atoms with van der Waals surface area (Å²) in [5.41, 5.74) is 0.0157. The Morgan fingerprint density at radius 3 is 2.43 bits per heavy atom. The van der Waals surface area contributed by atoms with Gasteiger partial charge in [0, 0.05) is 0 Å². The summed E-state index contributed by atoms with van der Waals surface area (Å²) in [6.07, 6.45) is 4.17. The monoisotopic (exact) mass is 294 g/mol. The van der Waals surface area contributed by atoms with E-state index in [-0.39, 0.29) is 16.9 Å². The van der Waals surface area contributed by atoms with Crippen LogP contribution >= 0.6 is 0 Å². The topological polar surface area (TPSA) is 83.8 Å². The van der Waals surface area contributed by atoms with Gasteiger partial charge in [-0.3, -0.25) is 0 Å². The lowest BCUT2D eigenvalue weighted by Crippen LogP contribution is -2.14. The fourth-order valence-electron chi connectivity index (χ4n) is 2.06. The summed E-state index contributed by atoms with van der Waals surface area (Å²) in [6.45, 7) is 4.59. The van der Waals surface area contributed by atoms with E-state index in [4.69, 9.17) is 14.9 Å². The maximum atomic E-state index is 11.2. The lowest BCUT2D eigenvalue weighted by atomic mass is 10.0. The molecule has 0 amide bonds. The molecule has 0 aromatic heterocycles. The van der Waals surface area contributed by atoms with E-state index < -0.39 is 11.9 Å². The van der Waals surface area contributed by atoms with Crippen molar-refractivity contribution in [3.63, 3.8) is 0 Å². The first-order chi connectivity index (χ1) is 9.99. The normalized spacial score (nSPS) is 11.9. The highest BCUT2D eigenvalue weighted by Gasteiger charge is 2.16. The van der Waals surface area contributed by atoms with E-state index in [0.717, 1.165) is 25.7 Å². The van der Waals surface area contributed by atoms with Gasteiger partial charge in [0.1, 0.15) is 11.3 Å². The van der Waals surface area contributed by atoms with E-state index in [1.165, 1.54) is 18.2 Å². The summed E-state index contributed by atoms with van der Waals surface area (Å²) in [7, 11) is 0. The number of carboxylic acids is 2.